The van der Waals surface area contributed by atoms with Gasteiger partial charge in [-0.15, -0.1) is 0 Å². The van der Waals surface area contributed by atoms with Gasteiger partial charge in [-0.2, -0.15) is 0 Å². The van der Waals surface area contributed by atoms with Crippen LogP contribution in [0.3, 0.4) is 0 Å². The molecule has 2 unspecified atom stereocenters. The molecule has 0 amide bonds. The summed E-state index contributed by atoms with van der Waals surface area (Å²) in [6.45, 7) is 1.90. The molecule has 1 saturated heterocycles. The van der Waals surface area contributed by atoms with Crippen LogP contribution in [0.25, 0.3) is 0 Å². The molecule has 0 aliphatic carbocycles. The number of hydrogen-bond acceptors (Lipinski definition) is 3. The van der Waals surface area contributed by atoms with E-state index in [1.165, 1.54) is 0 Å². The molecule has 3 nitrogen and oxygen atoms in total. The molecule has 1 aliphatic rings. The minimum Gasteiger partial charge on any atom is -0.508 e. The summed E-state index contributed by atoms with van der Waals surface area (Å²) in [5, 5.41) is 12.7. The van der Waals surface area contributed by atoms with E-state index < -0.39 is 0 Å². The van der Waals surface area contributed by atoms with Crippen LogP contribution in [0.1, 0.15) is 17.9 Å². The van der Waals surface area contributed by atoms with Crippen LogP contribution in [-0.4, -0.2) is 24.2 Å². The third-order valence-corrected chi connectivity index (χ3v) is 2.83. The van der Waals surface area contributed by atoms with Gasteiger partial charge in [-0.05, 0) is 30.7 Å². The maximum absolute atomic E-state index is 9.37. The number of piperidine rings is 1. The van der Waals surface area contributed by atoms with Gasteiger partial charge >= 0.3 is 0 Å². The minimum atomic E-state index is 0.207. The third kappa shape index (κ3) is 1.89. The Hall–Kier alpha value is -1.06. The lowest BCUT2D eigenvalue weighted by Gasteiger charge is -2.29. The zero-order chi connectivity index (χ0) is 9.97. The van der Waals surface area contributed by atoms with Gasteiger partial charge in [0.2, 0.25) is 0 Å². The Bertz CT molecular complexity index is 314. The zero-order valence-corrected chi connectivity index (χ0v) is 8.11. The van der Waals surface area contributed by atoms with Gasteiger partial charge in [0, 0.05) is 18.5 Å². The van der Waals surface area contributed by atoms with E-state index in [0.29, 0.717) is 11.7 Å². The molecular formula is C11H16N2O. The van der Waals surface area contributed by atoms with Crippen molar-refractivity contribution in [1.29, 1.82) is 0 Å². The molecule has 1 heterocycles. The Morgan fingerprint density at radius 2 is 2.29 bits per heavy atom. The summed E-state index contributed by atoms with van der Waals surface area (Å²) in [5.74, 6) is 0.649. The maximum Gasteiger partial charge on any atom is 0.115 e. The van der Waals surface area contributed by atoms with Crippen LogP contribution < -0.4 is 11.1 Å². The molecular weight excluding hydrogens is 176 g/mol. The highest BCUT2D eigenvalue weighted by molar-refractivity contribution is 5.31. The molecule has 2 rings (SSSR count). The average molecular weight is 192 g/mol. The Balaban J connectivity index is 2.20. The van der Waals surface area contributed by atoms with Crippen LogP contribution in [0.4, 0.5) is 0 Å². The smallest absolute Gasteiger partial charge is 0.115 e. The van der Waals surface area contributed by atoms with Crippen molar-refractivity contribution in [2.75, 3.05) is 13.1 Å². The topological polar surface area (TPSA) is 58.3 Å². The third-order valence-electron chi connectivity index (χ3n) is 2.83. The summed E-state index contributed by atoms with van der Waals surface area (Å²) >= 11 is 0. The van der Waals surface area contributed by atoms with Crippen molar-refractivity contribution in [2.24, 2.45) is 5.73 Å². The first-order valence-corrected chi connectivity index (χ1v) is 5.02. The molecule has 2 atom stereocenters. The standard InChI is InChI=1S/C11H16N2O/c12-11-4-5-13-7-10(11)8-2-1-3-9(14)6-8/h1-3,6,10-11,13-14H,4-5,7,12H2. The fraction of sp³-hybridized carbons (Fsp3) is 0.455. The van der Waals surface area contributed by atoms with Crippen LogP contribution in [0, 0.1) is 0 Å². The summed E-state index contributed by atoms with van der Waals surface area (Å²) in [5.41, 5.74) is 7.17. The fourth-order valence-corrected chi connectivity index (χ4v) is 2.00. The average Bonchev–Trinajstić information content (AvgIpc) is 2.18. The molecule has 76 valence electrons. The normalized spacial score (nSPS) is 27.5. The van der Waals surface area contributed by atoms with Gasteiger partial charge in [-0.1, -0.05) is 12.1 Å². The van der Waals surface area contributed by atoms with E-state index in [4.69, 9.17) is 5.73 Å². The number of nitrogens with one attached hydrogen (secondary N) is 1. The lowest BCUT2D eigenvalue weighted by atomic mass is 9.87. The minimum absolute atomic E-state index is 0.207. The Labute approximate surface area is 83.9 Å². The van der Waals surface area contributed by atoms with Crippen molar-refractivity contribution >= 4 is 0 Å². The van der Waals surface area contributed by atoms with E-state index in [1.807, 2.05) is 12.1 Å². The van der Waals surface area contributed by atoms with Crippen LogP contribution in [0.5, 0.6) is 5.75 Å². The van der Waals surface area contributed by atoms with E-state index in [1.54, 1.807) is 12.1 Å². The van der Waals surface area contributed by atoms with Gasteiger partial charge in [-0.3, -0.25) is 0 Å². The number of phenols is 1. The molecule has 4 N–H and O–H groups in total. The molecule has 3 heteroatoms. The second-order valence-corrected chi connectivity index (χ2v) is 3.86. The van der Waals surface area contributed by atoms with Gasteiger partial charge in [0.25, 0.3) is 0 Å². The first-order chi connectivity index (χ1) is 6.77. The van der Waals surface area contributed by atoms with Crippen LogP contribution >= 0.6 is 0 Å². The molecule has 0 saturated carbocycles. The maximum atomic E-state index is 9.37. The van der Waals surface area contributed by atoms with Crippen molar-refractivity contribution < 1.29 is 5.11 Å². The molecule has 1 aromatic carbocycles. The predicted molar refractivity (Wildman–Crippen MR) is 56.3 cm³/mol. The number of hydrogen-bond donors (Lipinski definition) is 3. The second-order valence-electron chi connectivity index (χ2n) is 3.86. The second kappa shape index (κ2) is 3.98. The SMILES string of the molecule is NC1CCNCC1c1cccc(O)c1. The van der Waals surface area contributed by atoms with Gasteiger partial charge in [0.05, 0.1) is 0 Å². The summed E-state index contributed by atoms with van der Waals surface area (Å²) < 4.78 is 0. The number of aromatic hydroxyl groups is 1. The largest absolute Gasteiger partial charge is 0.508 e. The van der Waals surface area contributed by atoms with Crippen molar-refractivity contribution in [2.45, 2.75) is 18.4 Å². The van der Waals surface area contributed by atoms with Crippen molar-refractivity contribution in [3.8, 4) is 5.75 Å². The number of nitrogens with two attached hydrogens (primary N) is 1. The molecule has 0 radical (unpaired) electrons. The Morgan fingerprint density at radius 1 is 1.43 bits per heavy atom. The van der Waals surface area contributed by atoms with Gasteiger partial charge in [0.1, 0.15) is 5.75 Å². The Kier molecular flexibility index (Phi) is 2.70. The van der Waals surface area contributed by atoms with Crippen molar-refractivity contribution in [1.82, 2.24) is 5.32 Å². The number of phenolic OH excluding ortho intramolecular Hbond substituents is 1. The van der Waals surface area contributed by atoms with Crippen molar-refractivity contribution in [3.63, 3.8) is 0 Å². The highest BCUT2D eigenvalue weighted by Gasteiger charge is 2.22. The van der Waals surface area contributed by atoms with Crippen molar-refractivity contribution in [3.05, 3.63) is 29.8 Å². The molecule has 0 aromatic heterocycles. The summed E-state index contributed by atoms with van der Waals surface area (Å²) in [4.78, 5) is 0. The lowest BCUT2D eigenvalue weighted by Crippen LogP contribution is -2.43. The first kappa shape index (κ1) is 9.49. The van der Waals surface area contributed by atoms with E-state index in [2.05, 4.69) is 5.32 Å². The van der Waals surface area contributed by atoms with Gasteiger partial charge < -0.3 is 16.2 Å². The first-order valence-electron chi connectivity index (χ1n) is 5.02. The fourth-order valence-electron chi connectivity index (χ4n) is 2.00. The monoisotopic (exact) mass is 192 g/mol. The zero-order valence-electron chi connectivity index (χ0n) is 8.11. The quantitative estimate of drug-likeness (QED) is 0.616. The predicted octanol–water partition coefficient (Wildman–Crippen LogP) is 0.796. The highest BCUT2D eigenvalue weighted by atomic mass is 16.3. The highest BCUT2D eigenvalue weighted by Crippen LogP contribution is 2.24. The van der Waals surface area contributed by atoms with E-state index in [0.717, 1.165) is 25.1 Å². The molecule has 14 heavy (non-hydrogen) atoms. The van der Waals surface area contributed by atoms with E-state index in [9.17, 15) is 5.11 Å². The van der Waals surface area contributed by atoms with E-state index >= 15 is 0 Å². The van der Waals surface area contributed by atoms with Crippen LogP contribution in [0.2, 0.25) is 0 Å². The Morgan fingerprint density at radius 3 is 3.00 bits per heavy atom. The molecule has 1 aromatic rings. The molecule has 0 spiro atoms. The molecule has 0 bridgehead atoms. The number of rotatable bonds is 1. The van der Waals surface area contributed by atoms with Gasteiger partial charge in [-0.25, -0.2) is 0 Å². The lowest BCUT2D eigenvalue weighted by molar-refractivity contribution is 0.401. The summed E-state index contributed by atoms with van der Waals surface area (Å²) in [6.07, 6.45) is 1.00. The van der Waals surface area contributed by atoms with Crippen LogP contribution in [-0.2, 0) is 0 Å². The molecule has 1 aliphatic heterocycles. The summed E-state index contributed by atoms with van der Waals surface area (Å²) in [6, 6.07) is 7.59. The number of benzene rings is 1. The van der Waals surface area contributed by atoms with Gasteiger partial charge in [0.15, 0.2) is 0 Å². The van der Waals surface area contributed by atoms with Crippen LogP contribution in [0.15, 0.2) is 24.3 Å². The van der Waals surface area contributed by atoms with E-state index in [-0.39, 0.29) is 6.04 Å². The molecule has 1 fully saturated rings. The summed E-state index contributed by atoms with van der Waals surface area (Å²) in [7, 11) is 0.